The molecule has 21 heavy (non-hydrogen) atoms. The average Bonchev–Trinajstić information content (AvgIpc) is 2.36. The van der Waals surface area contributed by atoms with E-state index in [-0.39, 0.29) is 40.4 Å². The van der Waals surface area contributed by atoms with Crippen molar-refractivity contribution in [3.05, 3.63) is 32.8 Å². The Morgan fingerprint density at radius 2 is 1.62 bits per heavy atom. The van der Waals surface area contributed by atoms with Crippen LogP contribution in [0.1, 0.15) is 11.6 Å². The Balaban J connectivity index is 0.00000200. The minimum atomic E-state index is -2.55. The molecule has 1 aliphatic rings. The molecule has 0 saturated carbocycles. The molecule has 1 saturated heterocycles. The number of nitrogens with one attached hydrogen (secondary N) is 1. The third kappa shape index (κ3) is 5.24. The third-order valence-corrected chi connectivity index (χ3v) is 4.16. The van der Waals surface area contributed by atoms with Crippen LogP contribution in [-0.2, 0) is 0 Å². The summed E-state index contributed by atoms with van der Waals surface area (Å²) in [5, 5.41) is 3.78. The molecule has 9 heteroatoms. The summed E-state index contributed by atoms with van der Waals surface area (Å²) in [6.45, 7) is 2.43. The molecule has 1 atom stereocenters. The van der Waals surface area contributed by atoms with Crippen LogP contribution in [0.15, 0.2) is 12.1 Å². The molecule has 0 amide bonds. The summed E-state index contributed by atoms with van der Waals surface area (Å²) < 4.78 is 26.8. The van der Waals surface area contributed by atoms with Gasteiger partial charge in [-0.15, -0.1) is 24.8 Å². The fourth-order valence-corrected chi connectivity index (χ4v) is 2.97. The van der Waals surface area contributed by atoms with Gasteiger partial charge < -0.3 is 5.32 Å². The fourth-order valence-electron chi connectivity index (χ4n) is 2.24. The Kier molecular flexibility index (Phi) is 9.76. The van der Waals surface area contributed by atoms with Crippen LogP contribution < -0.4 is 5.32 Å². The average molecular weight is 403 g/mol. The van der Waals surface area contributed by atoms with Gasteiger partial charge >= 0.3 is 0 Å². The Hall–Kier alpha value is 0.450. The van der Waals surface area contributed by atoms with Gasteiger partial charge in [-0.2, -0.15) is 0 Å². The van der Waals surface area contributed by atoms with Crippen LogP contribution >= 0.6 is 59.6 Å². The normalized spacial score (nSPS) is 17.0. The van der Waals surface area contributed by atoms with E-state index in [1.807, 2.05) is 0 Å². The van der Waals surface area contributed by atoms with E-state index < -0.39 is 12.5 Å². The lowest BCUT2D eigenvalue weighted by Crippen LogP contribution is -2.47. The Morgan fingerprint density at radius 3 is 2.14 bits per heavy atom. The smallest absolute Gasteiger partial charge is 0.258 e. The summed E-state index contributed by atoms with van der Waals surface area (Å²) in [6, 6.07) is 1.84. The van der Waals surface area contributed by atoms with E-state index in [1.54, 1.807) is 4.90 Å². The summed E-state index contributed by atoms with van der Waals surface area (Å²) >= 11 is 17.9. The highest BCUT2D eigenvalue weighted by atomic mass is 35.5. The largest absolute Gasteiger partial charge is 0.314 e. The van der Waals surface area contributed by atoms with Crippen LogP contribution in [0.25, 0.3) is 0 Å². The van der Waals surface area contributed by atoms with Gasteiger partial charge in [0.1, 0.15) is 0 Å². The molecule has 2 nitrogen and oxygen atoms in total. The first-order valence-electron chi connectivity index (χ1n) is 5.88. The van der Waals surface area contributed by atoms with Crippen molar-refractivity contribution in [2.24, 2.45) is 0 Å². The number of piperazine rings is 1. The standard InChI is InChI=1S/C12H13Cl3F2N2.2ClH/c13-7-5-8(10(15)9(14)6-7)11(12(16)17)19-3-1-18-2-4-19;;/h5-6,11-12,18H,1-4H2;2*1H/t11-;;/m0../s1. The first-order valence-corrected chi connectivity index (χ1v) is 7.01. The molecule has 0 bridgehead atoms. The van der Waals surface area contributed by atoms with Crippen LogP contribution in [0, 0.1) is 0 Å². The van der Waals surface area contributed by atoms with Crippen molar-refractivity contribution in [3.63, 3.8) is 0 Å². The predicted molar refractivity (Wildman–Crippen MR) is 89.2 cm³/mol. The predicted octanol–water partition coefficient (Wildman–Crippen LogP) is 4.70. The van der Waals surface area contributed by atoms with Crippen molar-refractivity contribution in [2.75, 3.05) is 26.2 Å². The summed E-state index contributed by atoms with van der Waals surface area (Å²) in [5.41, 5.74) is 0.288. The van der Waals surface area contributed by atoms with E-state index in [4.69, 9.17) is 34.8 Å². The maximum Gasteiger partial charge on any atom is 0.258 e. The number of alkyl halides is 2. The Bertz CT molecular complexity index is 456. The second-order valence-corrected chi connectivity index (χ2v) is 5.58. The van der Waals surface area contributed by atoms with Gasteiger partial charge in [-0.05, 0) is 17.7 Å². The third-order valence-electron chi connectivity index (χ3n) is 3.12. The molecule has 1 heterocycles. The van der Waals surface area contributed by atoms with Gasteiger partial charge in [0.05, 0.1) is 16.1 Å². The number of rotatable bonds is 3. The second-order valence-electron chi connectivity index (χ2n) is 4.36. The van der Waals surface area contributed by atoms with E-state index in [9.17, 15) is 8.78 Å². The summed E-state index contributed by atoms with van der Waals surface area (Å²) in [4.78, 5) is 1.70. The monoisotopic (exact) mass is 400 g/mol. The van der Waals surface area contributed by atoms with Gasteiger partial charge in [0.2, 0.25) is 0 Å². The van der Waals surface area contributed by atoms with Crippen LogP contribution in [-0.4, -0.2) is 37.5 Å². The van der Waals surface area contributed by atoms with Crippen molar-refractivity contribution in [2.45, 2.75) is 12.5 Å². The molecule has 0 radical (unpaired) electrons. The molecule has 2 rings (SSSR count). The van der Waals surface area contributed by atoms with Crippen molar-refractivity contribution in [1.29, 1.82) is 0 Å². The number of halogens is 7. The Morgan fingerprint density at radius 1 is 1.05 bits per heavy atom. The summed E-state index contributed by atoms with van der Waals surface area (Å²) in [5.74, 6) is 0. The molecule has 1 aliphatic heterocycles. The van der Waals surface area contributed by atoms with Gasteiger partial charge in [0.15, 0.2) is 0 Å². The fraction of sp³-hybridized carbons (Fsp3) is 0.500. The lowest BCUT2D eigenvalue weighted by atomic mass is 10.0. The molecule has 0 unspecified atom stereocenters. The number of nitrogens with zero attached hydrogens (tertiary/aromatic N) is 1. The van der Waals surface area contributed by atoms with E-state index in [1.165, 1.54) is 12.1 Å². The van der Waals surface area contributed by atoms with E-state index in [0.717, 1.165) is 0 Å². The zero-order chi connectivity index (χ0) is 14.0. The summed E-state index contributed by atoms with van der Waals surface area (Å²) in [6.07, 6.45) is -2.55. The molecule has 1 fully saturated rings. The van der Waals surface area contributed by atoms with Crippen molar-refractivity contribution < 1.29 is 8.78 Å². The lowest BCUT2D eigenvalue weighted by molar-refractivity contribution is 0.0182. The molecule has 0 spiro atoms. The van der Waals surface area contributed by atoms with Crippen LogP contribution in [0.5, 0.6) is 0 Å². The molecule has 1 N–H and O–H groups in total. The minimum Gasteiger partial charge on any atom is -0.314 e. The number of benzene rings is 1. The van der Waals surface area contributed by atoms with Crippen LogP contribution in [0.2, 0.25) is 15.1 Å². The molecular formula is C12H15Cl5F2N2. The van der Waals surface area contributed by atoms with Crippen LogP contribution in [0.3, 0.4) is 0 Å². The zero-order valence-electron chi connectivity index (χ0n) is 10.8. The van der Waals surface area contributed by atoms with E-state index in [2.05, 4.69) is 5.32 Å². The van der Waals surface area contributed by atoms with E-state index >= 15 is 0 Å². The molecule has 1 aromatic rings. The first-order chi connectivity index (χ1) is 9.00. The van der Waals surface area contributed by atoms with Gasteiger partial charge in [-0.3, -0.25) is 4.90 Å². The first kappa shape index (κ1) is 21.4. The molecule has 0 aliphatic carbocycles. The van der Waals surface area contributed by atoms with Crippen molar-refractivity contribution in [1.82, 2.24) is 10.2 Å². The molecule has 1 aromatic carbocycles. The highest BCUT2D eigenvalue weighted by Gasteiger charge is 2.32. The van der Waals surface area contributed by atoms with Crippen LogP contribution in [0.4, 0.5) is 8.78 Å². The van der Waals surface area contributed by atoms with Crippen molar-refractivity contribution >= 4 is 59.6 Å². The van der Waals surface area contributed by atoms with Gasteiger partial charge in [0, 0.05) is 31.2 Å². The minimum absolute atomic E-state index is 0. The zero-order valence-corrected chi connectivity index (χ0v) is 14.7. The van der Waals surface area contributed by atoms with Gasteiger partial charge in [0.25, 0.3) is 6.43 Å². The highest BCUT2D eigenvalue weighted by Crippen LogP contribution is 2.38. The molecule has 122 valence electrons. The quantitative estimate of drug-likeness (QED) is 0.737. The van der Waals surface area contributed by atoms with E-state index in [0.29, 0.717) is 31.2 Å². The van der Waals surface area contributed by atoms with Crippen molar-refractivity contribution in [3.8, 4) is 0 Å². The SMILES string of the molecule is Cl.Cl.FC(F)[C@H](c1cc(Cl)cc(Cl)c1Cl)N1CCNCC1. The number of hydrogen-bond donors (Lipinski definition) is 1. The highest BCUT2D eigenvalue weighted by molar-refractivity contribution is 6.43. The molecular weight excluding hydrogens is 387 g/mol. The lowest BCUT2D eigenvalue weighted by Gasteiger charge is -2.35. The maximum atomic E-state index is 13.4. The number of hydrogen-bond acceptors (Lipinski definition) is 2. The Labute approximate surface area is 149 Å². The van der Waals surface area contributed by atoms with Gasteiger partial charge in [-0.25, -0.2) is 8.78 Å². The topological polar surface area (TPSA) is 15.3 Å². The molecule has 0 aromatic heterocycles. The second kappa shape index (κ2) is 9.56. The summed E-state index contributed by atoms with van der Waals surface area (Å²) in [7, 11) is 0. The maximum absolute atomic E-state index is 13.4. The van der Waals surface area contributed by atoms with Gasteiger partial charge in [-0.1, -0.05) is 34.8 Å².